The van der Waals surface area contributed by atoms with Crippen LogP contribution in [0.25, 0.3) is 0 Å². The van der Waals surface area contributed by atoms with Crippen molar-refractivity contribution in [3.05, 3.63) is 29.3 Å². The summed E-state index contributed by atoms with van der Waals surface area (Å²) in [5, 5.41) is 12.5. The van der Waals surface area contributed by atoms with E-state index in [2.05, 4.69) is 5.32 Å². The number of aryl methyl sites for hydroxylation is 2. The fourth-order valence-corrected chi connectivity index (χ4v) is 1.94. The van der Waals surface area contributed by atoms with Crippen molar-refractivity contribution in [3.63, 3.8) is 0 Å². The molecule has 0 radical (unpaired) electrons. The van der Waals surface area contributed by atoms with Crippen LogP contribution in [0.1, 0.15) is 31.4 Å². The van der Waals surface area contributed by atoms with Gasteiger partial charge in [-0.15, -0.1) is 0 Å². The van der Waals surface area contributed by atoms with Crippen molar-refractivity contribution in [1.82, 2.24) is 5.32 Å². The largest absolute Gasteiger partial charge is 0.490 e. The van der Waals surface area contributed by atoms with E-state index in [-0.39, 0.29) is 19.1 Å². The number of rotatable bonds is 7. The summed E-state index contributed by atoms with van der Waals surface area (Å²) in [4.78, 5) is 11.5. The molecule has 1 aromatic rings. The van der Waals surface area contributed by atoms with Crippen molar-refractivity contribution in [2.75, 3.05) is 13.2 Å². The lowest BCUT2D eigenvalue weighted by Crippen LogP contribution is -2.35. The molecule has 0 fully saturated rings. The second-order valence-corrected chi connectivity index (χ2v) is 5.59. The van der Waals surface area contributed by atoms with Crippen molar-refractivity contribution in [3.8, 4) is 5.75 Å². The Morgan fingerprint density at radius 1 is 1.30 bits per heavy atom. The maximum Gasteiger partial charge on any atom is 0.220 e. The van der Waals surface area contributed by atoms with Gasteiger partial charge >= 0.3 is 0 Å². The summed E-state index contributed by atoms with van der Waals surface area (Å²) in [6.45, 7) is 8.31. The predicted molar refractivity (Wildman–Crippen MR) is 79.9 cm³/mol. The van der Waals surface area contributed by atoms with E-state index < -0.39 is 6.10 Å². The fourth-order valence-electron chi connectivity index (χ4n) is 1.94. The first-order valence-electron chi connectivity index (χ1n) is 7.04. The third kappa shape index (κ3) is 5.61. The van der Waals surface area contributed by atoms with E-state index in [1.165, 1.54) is 0 Å². The summed E-state index contributed by atoms with van der Waals surface area (Å²) >= 11 is 0. The Bertz CT molecular complexity index is 423. The molecule has 1 unspecified atom stereocenters. The van der Waals surface area contributed by atoms with Gasteiger partial charge in [-0.2, -0.15) is 0 Å². The van der Waals surface area contributed by atoms with Crippen LogP contribution >= 0.6 is 0 Å². The van der Waals surface area contributed by atoms with Crippen LogP contribution in [0.5, 0.6) is 5.75 Å². The molecule has 1 amide bonds. The summed E-state index contributed by atoms with van der Waals surface area (Å²) < 4.78 is 5.64. The number of para-hydroxylation sites is 1. The maximum absolute atomic E-state index is 11.5. The quantitative estimate of drug-likeness (QED) is 0.804. The number of aliphatic hydroxyl groups excluding tert-OH is 1. The number of ether oxygens (including phenoxy) is 1. The van der Waals surface area contributed by atoms with Crippen molar-refractivity contribution in [1.29, 1.82) is 0 Å². The molecule has 20 heavy (non-hydrogen) atoms. The highest BCUT2D eigenvalue weighted by Crippen LogP contribution is 2.22. The Labute approximate surface area is 121 Å². The Kier molecular flexibility index (Phi) is 6.52. The minimum atomic E-state index is -0.704. The number of benzene rings is 1. The van der Waals surface area contributed by atoms with Gasteiger partial charge in [0.05, 0.1) is 0 Å². The number of amides is 1. The lowest BCUT2D eigenvalue weighted by Gasteiger charge is -2.16. The van der Waals surface area contributed by atoms with E-state index in [0.29, 0.717) is 12.3 Å². The first-order valence-corrected chi connectivity index (χ1v) is 7.04. The van der Waals surface area contributed by atoms with Gasteiger partial charge in [-0.3, -0.25) is 4.79 Å². The van der Waals surface area contributed by atoms with Crippen LogP contribution in [0.15, 0.2) is 18.2 Å². The highest BCUT2D eigenvalue weighted by Gasteiger charge is 2.11. The number of hydrogen-bond acceptors (Lipinski definition) is 3. The van der Waals surface area contributed by atoms with Gasteiger partial charge in [-0.25, -0.2) is 0 Å². The minimum Gasteiger partial charge on any atom is -0.490 e. The zero-order chi connectivity index (χ0) is 15.1. The molecule has 0 heterocycles. The third-order valence-corrected chi connectivity index (χ3v) is 2.96. The molecule has 1 rings (SSSR count). The number of nitrogens with one attached hydrogen (secondary N) is 1. The Morgan fingerprint density at radius 3 is 2.45 bits per heavy atom. The predicted octanol–water partition coefficient (Wildman–Crippen LogP) is 2.21. The standard InChI is InChI=1S/C16H25NO3/c1-11(2)8-15(19)17-9-14(18)10-20-16-12(3)6-5-7-13(16)4/h5-7,11,14,18H,8-10H2,1-4H3,(H,17,19). The molecule has 112 valence electrons. The molecule has 0 aliphatic carbocycles. The minimum absolute atomic E-state index is 0.0360. The van der Waals surface area contributed by atoms with E-state index in [4.69, 9.17) is 4.74 Å². The van der Waals surface area contributed by atoms with E-state index >= 15 is 0 Å². The van der Waals surface area contributed by atoms with Gasteiger partial charge in [-0.05, 0) is 30.9 Å². The van der Waals surface area contributed by atoms with Crippen molar-refractivity contribution in [2.24, 2.45) is 5.92 Å². The number of hydrogen-bond donors (Lipinski definition) is 2. The molecule has 0 bridgehead atoms. The Hall–Kier alpha value is -1.55. The van der Waals surface area contributed by atoms with Gasteiger partial charge in [0.2, 0.25) is 5.91 Å². The fraction of sp³-hybridized carbons (Fsp3) is 0.562. The van der Waals surface area contributed by atoms with E-state index in [1.807, 2.05) is 45.9 Å². The average molecular weight is 279 g/mol. The average Bonchev–Trinajstić information content (AvgIpc) is 2.35. The Balaban J connectivity index is 2.36. The van der Waals surface area contributed by atoms with Gasteiger partial charge in [-0.1, -0.05) is 32.0 Å². The summed E-state index contributed by atoms with van der Waals surface area (Å²) in [6.07, 6.45) is -0.227. The highest BCUT2D eigenvalue weighted by molar-refractivity contribution is 5.76. The summed E-state index contributed by atoms with van der Waals surface area (Å²) in [5.74, 6) is 1.09. The second kappa shape index (κ2) is 7.90. The van der Waals surface area contributed by atoms with Crippen LogP contribution in [-0.4, -0.2) is 30.3 Å². The van der Waals surface area contributed by atoms with Gasteiger partial charge in [0.15, 0.2) is 0 Å². The Morgan fingerprint density at radius 2 is 1.90 bits per heavy atom. The molecule has 0 saturated carbocycles. The molecule has 4 nitrogen and oxygen atoms in total. The molecule has 4 heteroatoms. The molecule has 1 atom stereocenters. The molecular weight excluding hydrogens is 254 g/mol. The lowest BCUT2D eigenvalue weighted by atomic mass is 10.1. The van der Waals surface area contributed by atoms with Gasteiger partial charge < -0.3 is 15.2 Å². The van der Waals surface area contributed by atoms with Crippen molar-refractivity contribution >= 4 is 5.91 Å². The third-order valence-electron chi connectivity index (χ3n) is 2.96. The summed E-state index contributed by atoms with van der Waals surface area (Å²) in [5.41, 5.74) is 2.09. The zero-order valence-electron chi connectivity index (χ0n) is 12.8. The van der Waals surface area contributed by atoms with Gasteiger partial charge in [0, 0.05) is 13.0 Å². The molecule has 0 aliphatic heterocycles. The van der Waals surface area contributed by atoms with E-state index in [0.717, 1.165) is 16.9 Å². The first kappa shape index (κ1) is 16.5. The molecule has 2 N–H and O–H groups in total. The summed E-state index contributed by atoms with van der Waals surface area (Å²) in [6, 6.07) is 5.92. The molecule has 0 saturated heterocycles. The van der Waals surface area contributed by atoms with Crippen LogP contribution in [-0.2, 0) is 4.79 Å². The van der Waals surface area contributed by atoms with Crippen LogP contribution in [0.4, 0.5) is 0 Å². The highest BCUT2D eigenvalue weighted by atomic mass is 16.5. The maximum atomic E-state index is 11.5. The SMILES string of the molecule is Cc1cccc(C)c1OCC(O)CNC(=O)CC(C)C. The number of carbonyl (C=O) groups excluding carboxylic acids is 1. The van der Waals surface area contributed by atoms with Crippen molar-refractivity contribution in [2.45, 2.75) is 40.2 Å². The normalized spacial score (nSPS) is 12.3. The first-order chi connectivity index (χ1) is 9.40. The second-order valence-electron chi connectivity index (χ2n) is 5.59. The smallest absolute Gasteiger partial charge is 0.220 e. The number of carbonyl (C=O) groups is 1. The van der Waals surface area contributed by atoms with E-state index in [9.17, 15) is 9.90 Å². The van der Waals surface area contributed by atoms with Crippen LogP contribution in [0.2, 0.25) is 0 Å². The molecular formula is C16H25NO3. The van der Waals surface area contributed by atoms with Gasteiger partial charge in [0.1, 0.15) is 18.5 Å². The molecule has 1 aromatic carbocycles. The van der Waals surface area contributed by atoms with Crippen LogP contribution in [0, 0.1) is 19.8 Å². The van der Waals surface area contributed by atoms with E-state index in [1.54, 1.807) is 0 Å². The summed E-state index contributed by atoms with van der Waals surface area (Å²) in [7, 11) is 0. The monoisotopic (exact) mass is 279 g/mol. The number of aliphatic hydroxyl groups is 1. The lowest BCUT2D eigenvalue weighted by molar-refractivity contribution is -0.122. The van der Waals surface area contributed by atoms with Gasteiger partial charge in [0.25, 0.3) is 0 Å². The molecule has 0 aliphatic rings. The molecule has 0 aromatic heterocycles. The molecule has 0 spiro atoms. The van der Waals surface area contributed by atoms with Crippen LogP contribution < -0.4 is 10.1 Å². The van der Waals surface area contributed by atoms with Crippen molar-refractivity contribution < 1.29 is 14.6 Å². The topological polar surface area (TPSA) is 58.6 Å². The van der Waals surface area contributed by atoms with Crippen LogP contribution in [0.3, 0.4) is 0 Å². The zero-order valence-corrected chi connectivity index (χ0v) is 12.8.